The Morgan fingerprint density at radius 3 is 2.33 bits per heavy atom. The van der Waals surface area contributed by atoms with Crippen molar-refractivity contribution >= 4 is 34.3 Å². The number of amides is 3. The Labute approximate surface area is 211 Å². The summed E-state index contributed by atoms with van der Waals surface area (Å²) < 4.78 is 1.91. The number of carbonyl (C=O) groups is 3. The van der Waals surface area contributed by atoms with Crippen molar-refractivity contribution < 1.29 is 14.4 Å². The highest BCUT2D eigenvalue weighted by Gasteiger charge is 2.49. The van der Waals surface area contributed by atoms with Gasteiger partial charge in [0.1, 0.15) is 11.2 Å². The average Bonchev–Trinajstić information content (AvgIpc) is 3.00. The summed E-state index contributed by atoms with van der Waals surface area (Å²) in [5.74, 6) is -0.622. The van der Waals surface area contributed by atoms with E-state index in [1.54, 1.807) is 4.90 Å². The van der Waals surface area contributed by atoms with Crippen LogP contribution in [0, 0.1) is 0 Å². The smallest absolute Gasteiger partial charge is 0.273 e. The fourth-order valence-corrected chi connectivity index (χ4v) is 5.71. The van der Waals surface area contributed by atoms with E-state index in [1.165, 1.54) is 19.8 Å². The lowest BCUT2D eigenvalue weighted by Gasteiger charge is -2.45. The molecule has 7 heteroatoms. The minimum Gasteiger partial charge on any atom is -0.351 e. The maximum Gasteiger partial charge on any atom is 0.273 e. The monoisotopic (exact) mass is 486 g/mol. The summed E-state index contributed by atoms with van der Waals surface area (Å²) in [4.78, 5) is 42.0. The van der Waals surface area contributed by atoms with Crippen LogP contribution in [0.2, 0.25) is 0 Å². The Bertz CT molecular complexity index is 1290. The van der Waals surface area contributed by atoms with Gasteiger partial charge in [0, 0.05) is 24.9 Å². The lowest BCUT2D eigenvalue weighted by Crippen LogP contribution is -2.64. The molecule has 2 aliphatic rings. The molecule has 1 aliphatic heterocycles. The number of rotatable bonds is 5. The molecule has 0 unspecified atom stereocenters. The van der Waals surface area contributed by atoms with Crippen molar-refractivity contribution in [3.8, 4) is 0 Å². The Morgan fingerprint density at radius 1 is 0.972 bits per heavy atom. The highest BCUT2D eigenvalue weighted by molar-refractivity contribution is 6.14. The van der Waals surface area contributed by atoms with Gasteiger partial charge in [-0.1, -0.05) is 74.2 Å². The minimum atomic E-state index is -1.10. The summed E-state index contributed by atoms with van der Waals surface area (Å²) in [6.45, 7) is 3.92. The average molecular weight is 487 g/mol. The zero-order valence-corrected chi connectivity index (χ0v) is 21.0. The molecule has 2 N–H and O–H groups in total. The summed E-state index contributed by atoms with van der Waals surface area (Å²) in [7, 11) is 0. The first-order valence-corrected chi connectivity index (χ1v) is 12.9. The second-order valence-electron chi connectivity index (χ2n) is 10.3. The van der Waals surface area contributed by atoms with Gasteiger partial charge in [-0.15, -0.1) is 0 Å². The molecular weight excluding hydrogens is 452 g/mol. The number of carbonyl (C=O) groups excluding carboxylic acids is 3. The lowest BCUT2D eigenvalue weighted by atomic mass is 9.92. The number of anilines is 1. The SMILES string of the molecule is CC(=O)Nc1c2n(c3ccccc13)C[C@](C)(C(=O)NC1CCCCCC1)N(Cc1ccccc1)C2=O. The van der Waals surface area contributed by atoms with E-state index < -0.39 is 5.54 Å². The van der Waals surface area contributed by atoms with E-state index in [-0.39, 0.29) is 23.8 Å². The van der Waals surface area contributed by atoms with E-state index in [2.05, 4.69) is 10.6 Å². The molecule has 0 spiro atoms. The molecule has 3 amide bonds. The molecule has 2 heterocycles. The van der Waals surface area contributed by atoms with Gasteiger partial charge in [0.15, 0.2) is 0 Å². The highest BCUT2D eigenvalue weighted by Crippen LogP contribution is 2.39. The van der Waals surface area contributed by atoms with Gasteiger partial charge < -0.3 is 20.1 Å². The molecule has 3 aromatic rings. The summed E-state index contributed by atoms with van der Waals surface area (Å²) in [5, 5.41) is 7.00. The molecule has 5 rings (SSSR count). The number of hydrogen-bond acceptors (Lipinski definition) is 3. The Balaban J connectivity index is 1.60. The van der Waals surface area contributed by atoms with Crippen LogP contribution in [0.5, 0.6) is 0 Å². The van der Waals surface area contributed by atoms with E-state index in [9.17, 15) is 14.4 Å². The molecular formula is C29H34N4O3. The quantitative estimate of drug-likeness (QED) is 0.506. The van der Waals surface area contributed by atoms with Crippen LogP contribution in [-0.4, -0.2) is 38.8 Å². The molecule has 36 heavy (non-hydrogen) atoms. The van der Waals surface area contributed by atoms with E-state index in [0.717, 1.165) is 42.1 Å². The maximum absolute atomic E-state index is 14.2. The van der Waals surface area contributed by atoms with Crippen molar-refractivity contribution in [1.82, 2.24) is 14.8 Å². The van der Waals surface area contributed by atoms with Gasteiger partial charge in [-0.05, 0) is 31.4 Å². The normalized spacial score (nSPS) is 20.6. The molecule has 1 saturated carbocycles. The van der Waals surface area contributed by atoms with Crippen molar-refractivity contribution in [2.75, 3.05) is 5.32 Å². The van der Waals surface area contributed by atoms with Crippen molar-refractivity contribution in [3.63, 3.8) is 0 Å². The molecule has 1 aromatic heterocycles. The first-order chi connectivity index (χ1) is 17.4. The summed E-state index contributed by atoms with van der Waals surface area (Å²) in [6, 6.07) is 17.5. The van der Waals surface area contributed by atoms with Gasteiger partial charge in [-0.3, -0.25) is 14.4 Å². The van der Waals surface area contributed by atoms with Gasteiger partial charge in [0.25, 0.3) is 5.91 Å². The summed E-state index contributed by atoms with van der Waals surface area (Å²) in [5.41, 5.74) is 1.61. The zero-order chi connectivity index (χ0) is 25.3. The van der Waals surface area contributed by atoms with Crippen molar-refractivity contribution in [3.05, 3.63) is 65.9 Å². The van der Waals surface area contributed by atoms with Gasteiger partial charge >= 0.3 is 0 Å². The predicted octanol–water partition coefficient (Wildman–Crippen LogP) is 4.85. The molecule has 0 bridgehead atoms. The Kier molecular flexibility index (Phi) is 6.56. The van der Waals surface area contributed by atoms with Crippen LogP contribution in [0.4, 0.5) is 5.69 Å². The fraction of sp³-hybridized carbons (Fsp3) is 0.414. The molecule has 188 valence electrons. The maximum atomic E-state index is 14.2. The van der Waals surface area contributed by atoms with Crippen molar-refractivity contribution in [1.29, 1.82) is 0 Å². The predicted molar refractivity (Wildman–Crippen MR) is 141 cm³/mol. The van der Waals surface area contributed by atoms with E-state index >= 15 is 0 Å². The second kappa shape index (κ2) is 9.80. The van der Waals surface area contributed by atoms with E-state index in [4.69, 9.17) is 0 Å². The standard InChI is InChI=1S/C29H34N4O3/c1-20(34)30-25-23-16-10-11-17-24(23)32-19-29(2,28(36)31-22-14-8-3-4-9-15-22)33(27(35)26(25)32)18-21-12-6-5-7-13-21/h5-7,10-13,16-17,22H,3-4,8-9,14-15,18-19H2,1-2H3,(H,30,34)(H,31,36)/t29-/m1/s1. The molecule has 7 nitrogen and oxygen atoms in total. The van der Waals surface area contributed by atoms with Crippen LogP contribution < -0.4 is 10.6 Å². The molecule has 1 atom stereocenters. The summed E-state index contributed by atoms with van der Waals surface area (Å²) in [6.07, 6.45) is 6.57. The van der Waals surface area contributed by atoms with Gasteiger partial charge in [0.2, 0.25) is 11.8 Å². The number of aromatic nitrogens is 1. The number of hydrogen-bond donors (Lipinski definition) is 2. The molecule has 0 saturated heterocycles. The number of para-hydroxylation sites is 1. The number of nitrogens with zero attached hydrogens (tertiary/aromatic N) is 2. The van der Waals surface area contributed by atoms with Crippen molar-refractivity contribution in [2.24, 2.45) is 0 Å². The Hall–Kier alpha value is -3.61. The Morgan fingerprint density at radius 2 is 1.64 bits per heavy atom. The third-order valence-corrected chi connectivity index (χ3v) is 7.64. The number of nitrogens with one attached hydrogen (secondary N) is 2. The number of benzene rings is 2. The first-order valence-electron chi connectivity index (χ1n) is 12.9. The van der Waals surface area contributed by atoms with Crippen molar-refractivity contribution in [2.45, 2.75) is 77.0 Å². The van der Waals surface area contributed by atoms with Crippen LogP contribution in [0.1, 0.15) is 68.4 Å². The molecule has 1 fully saturated rings. The topological polar surface area (TPSA) is 83.4 Å². The second-order valence-corrected chi connectivity index (χ2v) is 10.3. The van der Waals surface area contributed by atoms with Crippen LogP contribution in [0.15, 0.2) is 54.6 Å². The highest BCUT2D eigenvalue weighted by atomic mass is 16.2. The van der Waals surface area contributed by atoms with Crippen LogP contribution in [0.3, 0.4) is 0 Å². The third kappa shape index (κ3) is 4.38. The van der Waals surface area contributed by atoms with Gasteiger partial charge in [-0.2, -0.15) is 0 Å². The number of fused-ring (bicyclic) bond motifs is 3. The van der Waals surface area contributed by atoms with E-state index in [0.29, 0.717) is 24.5 Å². The van der Waals surface area contributed by atoms with Crippen LogP contribution in [-0.2, 0) is 22.7 Å². The van der Waals surface area contributed by atoms with E-state index in [1.807, 2.05) is 66.1 Å². The largest absolute Gasteiger partial charge is 0.351 e. The van der Waals surface area contributed by atoms with Gasteiger partial charge in [-0.25, -0.2) is 0 Å². The molecule has 1 aliphatic carbocycles. The molecule has 2 aromatic carbocycles. The lowest BCUT2D eigenvalue weighted by molar-refractivity contribution is -0.134. The molecule has 0 radical (unpaired) electrons. The first kappa shape index (κ1) is 24.1. The van der Waals surface area contributed by atoms with Gasteiger partial charge in [0.05, 0.1) is 17.7 Å². The minimum absolute atomic E-state index is 0.122. The zero-order valence-electron chi connectivity index (χ0n) is 21.0. The fourth-order valence-electron chi connectivity index (χ4n) is 5.71. The summed E-state index contributed by atoms with van der Waals surface area (Å²) >= 11 is 0. The third-order valence-electron chi connectivity index (χ3n) is 7.64. The van der Waals surface area contributed by atoms with Crippen LogP contribution >= 0.6 is 0 Å². The van der Waals surface area contributed by atoms with Crippen LogP contribution in [0.25, 0.3) is 10.9 Å².